The van der Waals surface area contributed by atoms with Gasteiger partial charge in [-0.1, -0.05) is 12.8 Å². The Bertz CT molecular complexity index is 416. The normalized spacial score (nSPS) is 29.2. The van der Waals surface area contributed by atoms with E-state index in [4.69, 9.17) is 14.6 Å². The van der Waals surface area contributed by atoms with Gasteiger partial charge in [-0.25, -0.2) is 4.79 Å². The molecule has 0 bridgehead atoms. The molecule has 0 saturated carbocycles. The second-order valence-corrected chi connectivity index (χ2v) is 5.73. The number of nitrogens with one attached hydrogen (secondary N) is 1. The van der Waals surface area contributed by atoms with Crippen LogP contribution in [0.1, 0.15) is 25.7 Å². The summed E-state index contributed by atoms with van der Waals surface area (Å²) in [6.45, 7) is -0.921. The number of carbonyl (C=O) groups excluding carboxylic acids is 1. The van der Waals surface area contributed by atoms with Crippen LogP contribution in [0.15, 0.2) is 5.29 Å². The maximum absolute atomic E-state index is 12.1. The van der Waals surface area contributed by atoms with Crippen molar-refractivity contribution in [2.45, 2.75) is 56.3 Å². The number of amides is 2. The van der Waals surface area contributed by atoms with E-state index in [1.807, 2.05) is 0 Å². The monoisotopic (exact) mass is 367 g/mol. The molecular weight excluding hydrogens is 341 g/mol. The van der Waals surface area contributed by atoms with Gasteiger partial charge in [0.25, 0.3) is 0 Å². The number of rotatable bonds is 10. The molecule has 1 heterocycles. The van der Waals surface area contributed by atoms with Crippen LogP contribution in [0, 0.1) is 4.91 Å². The second kappa shape index (κ2) is 11.3. The minimum atomic E-state index is -1.47. The maximum Gasteiger partial charge on any atom is 0.340 e. The predicted molar refractivity (Wildman–Crippen MR) is 84.0 cm³/mol. The number of unbranched alkanes of at least 4 members (excludes halogenated alkanes) is 3. The van der Waals surface area contributed by atoms with Crippen LogP contribution in [0.25, 0.3) is 0 Å². The topological polar surface area (TPSA) is 141 Å². The molecule has 0 radical (unpaired) electrons. The Morgan fingerprint density at radius 3 is 2.52 bits per heavy atom. The summed E-state index contributed by atoms with van der Waals surface area (Å²) in [5, 5.41) is 34.7. The second-order valence-electron chi connectivity index (χ2n) is 5.73. The van der Waals surface area contributed by atoms with Crippen molar-refractivity contribution in [3.8, 4) is 0 Å². The van der Waals surface area contributed by atoms with Gasteiger partial charge in [-0.2, -0.15) is 5.01 Å². The summed E-state index contributed by atoms with van der Waals surface area (Å²) in [6.07, 6.45) is -2.95. The Morgan fingerprint density at radius 2 is 1.96 bits per heavy atom. The number of nitrogens with zero attached hydrogens (tertiary/aromatic N) is 2. The third-order valence-electron chi connectivity index (χ3n) is 3.99. The summed E-state index contributed by atoms with van der Waals surface area (Å²) in [5.74, 6) is 0. The molecule has 5 atom stereocenters. The van der Waals surface area contributed by atoms with E-state index in [1.165, 1.54) is 7.11 Å². The smallest absolute Gasteiger partial charge is 0.340 e. The van der Waals surface area contributed by atoms with Gasteiger partial charge < -0.3 is 30.1 Å². The molecule has 11 heteroatoms. The number of aliphatic hydroxyl groups excluding tert-OH is 3. The molecule has 1 rings (SSSR count). The van der Waals surface area contributed by atoms with Crippen molar-refractivity contribution < 1.29 is 34.0 Å². The van der Waals surface area contributed by atoms with Crippen LogP contribution >= 0.6 is 0 Å². The number of alkyl halides is 1. The highest BCUT2D eigenvalue weighted by Gasteiger charge is 2.45. The van der Waals surface area contributed by atoms with Crippen LogP contribution in [0.4, 0.5) is 9.18 Å². The third-order valence-corrected chi connectivity index (χ3v) is 3.99. The van der Waals surface area contributed by atoms with E-state index in [-0.39, 0.29) is 6.54 Å². The van der Waals surface area contributed by atoms with E-state index < -0.39 is 50.0 Å². The Kier molecular flexibility index (Phi) is 9.75. The van der Waals surface area contributed by atoms with Gasteiger partial charge in [-0.3, -0.25) is 4.39 Å². The van der Waals surface area contributed by atoms with Crippen molar-refractivity contribution in [2.75, 3.05) is 26.9 Å². The van der Waals surface area contributed by atoms with E-state index in [2.05, 4.69) is 10.6 Å². The van der Waals surface area contributed by atoms with Crippen molar-refractivity contribution in [2.24, 2.45) is 5.29 Å². The summed E-state index contributed by atoms with van der Waals surface area (Å²) in [6, 6.07) is -2.05. The average molecular weight is 367 g/mol. The number of nitroso groups, excluding NO2 is 1. The number of aliphatic hydroxyl groups is 3. The van der Waals surface area contributed by atoms with Gasteiger partial charge in [0, 0.05) is 13.7 Å². The van der Waals surface area contributed by atoms with Crippen molar-refractivity contribution in [3.05, 3.63) is 4.91 Å². The summed E-state index contributed by atoms with van der Waals surface area (Å²) in [7, 11) is 1.27. The molecule has 0 aromatic heterocycles. The lowest BCUT2D eigenvalue weighted by atomic mass is 9.97. The van der Waals surface area contributed by atoms with Gasteiger partial charge in [-0.15, -0.1) is 4.91 Å². The van der Waals surface area contributed by atoms with Crippen molar-refractivity contribution in [1.82, 2.24) is 10.3 Å². The predicted octanol–water partition coefficient (Wildman–Crippen LogP) is -0.337. The minimum Gasteiger partial charge on any atom is -0.394 e. The van der Waals surface area contributed by atoms with Crippen molar-refractivity contribution in [3.63, 3.8) is 0 Å². The lowest BCUT2D eigenvalue weighted by Crippen LogP contribution is -2.65. The first kappa shape index (κ1) is 21.6. The maximum atomic E-state index is 12.1. The molecule has 0 aromatic carbocycles. The summed E-state index contributed by atoms with van der Waals surface area (Å²) in [5.41, 5.74) is 0. The zero-order valence-corrected chi connectivity index (χ0v) is 14.1. The van der Waals surface area contributed by atoms with Crippen LogP contribution < -0.4 is 5.32 Å². The molecule has 146 valence electrons. The Morgan fingerprint density at radius 1 is 1.28 bits per heavy atom. The van der Waals surface area contributed by atoms with Crippen LogP contribution in [0.3, 0.4) is 0 Å². The number of hydrogen-bond donors (Lipinski definition) is 4. The van der Waals surface area contributed by atoms with Gasteiger partial charge in [0.1, 0.15) is 24.4 Å². The number of halogens is 1. The van der Waals surface area contributed by atoms with Gasteiger partial charge >= 0.3 is 6.03 Å². The van der Waals surface area contributed by atoms with Crippen molar-refractivity contribution >= 4 is 6.03 Å². The number of urea groups is 1. The van der Waals surface area contributed by atoms with Gasteiger partial charge in [0.05, 0.1) is 18.6 Å². The molecule has 1 fully saturated rings. The molecule has 2 amide bonds. The molecule has 0 spiro atoms. The molecule has 0 aromatic rings. The molecule has 0 aliphatic carbocycles. The number of hydrogen-bond acceptors (Lipinski definition) is 8. The first-order valence-electron chi connectivity index (χ1n) is 8.12. The largest absolute Gasteiger partial charge is 0.394 e. The highest BCUT2D eigenvalue weighted by molar-refractivity contribution is 5.74. The molecule has 1 aliphatic rings. The fraction of sp³-hybridized carbons (Fsp3) is 0.929. The standard InChI is InChI=1S/C14H26FN3O7/c1-24-13-10(12(21)11(20)9(8-19)25-13)16-14(22)18(17-23)7-5-3-2-4-6-15/h9-13,19-21H,2-8H2,1H3,(H,16,22)/t9-,10-,11-,12-,13-/m1/s1. The average Bonchev–Trinajstić information content (AvgIpc) is 2.62. The van der Waals surface area contributed by atoms with E-state index in [1.54, 1.807) is 0 Å². The van der Waals surface area contributed by atoms with Gasteiger partial charge in [-0.05, 0) is 12.8 Å². The fourth-order valence-corrected chi connectivity index (χ4v) is 2.54. The lowest BCUT2D eigenvalue weighted by Gasteiger charge is -2.41. The zero-order chi connectivity index (χ0) is 18.8. The van der Waals surface area contributed by atoms with Crippen LogP contribution in [0.5, 0.6) is 0 Å². The number of ether oxygens (including phenoxy) is 2. The summed E-state index contributed by atoms with van der Waals surface area (Å²) < 4.78 is 22.3. The SMILES string of the molecule is CO[C@@H]1O[C@H](CO)[C@@H](O)[C@H](O)[C@H]1NC(=O)N(CCCCCCF)N=O. The van der Waals surface area contributed by atoms with Gasteiger partial charge in [0.15, 0.2) is 6.29 Å². The highest BCUT2D eigenvalue weighted by atomic mass is 19.1. The van der Waals surface area contributed by atoms with Crippen molar-refractivity contribution in [1.29, 1.82) is 0 Å². The molecule has 4 N–H and O–H groups in total. The molecule has 1 aliphatic heterocycles. The molecule has 0 unspecified atom stereocenters. The van der Waals surface area contributed by atoms with Gasteiger partial charge in [0.2, 0.25) is 0 Å². The molecular formula is C14H26FN3O7. The zero-order valence-electron chi connectivity index (χ0n) is 14.1. The summed E-state index contributed by atoms with van der Waals surface area (Å²) >= 11 is 0. The first-order chi connectivity index (χ1) is 12.0. The van der Waals surface area contributed by atoms with E-state index in [9.17, 15) is 24.3 Å². The van der Waals surface area contributed by atoms with Crippen LogP contribution in [0.2, 0.25) is 0 Å². The van der Waals surface area contributed by atoms with E-state index >= 15 is 0 Å². The fourth-order valence-electron chi connectivity index (χ4n) is 2.54. The van der Waals surface area contributed by atoms with E-state index in [0.29, 0.717) is 30.7 Å². The first-order valence-corrected chi connectivity index (χ1v) is 8.12. The minimum absolute atomic E-state index is 0.0325. The highest BCUT2D eigenvalue weighted by Crippen LogP contribution is 2.22. The quantitative estimate of drug-likeness (QED) is 0.235. The van der Waals surface area contributed by atoms with Crippen LogP contribution in [-0.2, 0) is 9.47 Å². The third kappa shape index (κ3) is 6.12. The summed E-state index contributed by atoms with van der Waals surface area (Å²) in [4.78, 5) is 23.0. The molecule has 25 heavy (non-hydrogen) atoms. The number of carbonyl (C=O) groups is 1. The Labute approximate surface area is 144 Å². The molecule has 10 nitrogen and oxygen atoms in total. The van der Waals surface area contributed by atoms with E-state index in [0.717, 1.165) is 0 Å². The Balaban J connectivity index is 2.60. The number of methoxy groups -OCH3 is 1. The lowest BCUT2D eigenvalue weighted by molar-refractivity contribution is -0.261. The molecule has 1 saturated heterocycles. The van der Waals surface area contributed by atoms with Crippen LogP contribution in [-0.4, -0.2) is 83.9 Å². The Hall–Kier alpha value is -1.40.